The van der Waals surface area contributed by atoms with Gasteiger partial charge in [-0.3, -0.25) is 4.79 Å². The Kier molecular flexibility index (Phi) is 5.79. The fraction of sp³-hybridized carbons (Fsp3) is 0.438. The van der Waals surface area contributed by atoms with Gasteiger partial charge in [0.1, 0.15) is 5.75 Å². The summed E-state index contributed by atoms with van der Waals surface area (Å²) in [5, 5.41) is 0. The summed E-state index contributed by atoms with van der Waals surface area (Å²) >= 11 is 0. The van der Waals surface area contributed by atoms with E-state index in [1.807, 2.05) is 24.3 Å². The number of amides is 1. The summed E-state index contributed by atoms with van der Waals surface area (Å²) < 4.78 is 30.4. The molecule has 1 saturated heterocycles. The van der Waals surface area contributed by atoms with Crippen LogP contribution in [-0.4, -0.2) is 51.7 Å². The summed E-state index contributed by atoms with van der Waals surface area (Å²) in [7, 11) is -1.68. The second-order valence-electron chi connectivity index (χ2n) is 5.59. The van der Waals surface area contributed by atoms with Crippen molar-refractivity contribution in [2.75, 3.05) is 26.5 Å². The summed E-state index contributed by atoms with van der Waals surface area (Å²) in [6.45, 7) is 1.03. The van der Waals surface area contributed by atoms with Crippen LogP contribution in [-0.2, 0) is 14.8 Å². The van der Waals surface area contributed by atoms with E-state index in [1.54, 1.807) is 18.1 Å². The summed E-state index contributed by atoms with van der Waals surface area (Å²) in [5.74, 6) is 0.572. The van der Waals surface area contributed by atoms with Gasteiger partial charge in [0.15, 0.2) is 0 Å². The van der Waals surface area contributed by atoms with Crippen molar-refractivity contribution in [1.82, 2.24) is 9.62 Å². The van der Waals surface area contributed by atoms with Crippen LogP contribution in [0.5, 0.6) is 5.75 Å². The third-order valence-electron chi connectivity index (χ3n) is 3.66. The summed E-state index contributed by atoms with van der Waals surface area (Å²) in [6.07, 6.45) is 5.87. The second-order valence-corrected chi connectivity index (χ2v) is 7.37. The first-order valence-electron chi connectivity index (χ1n) is 7.46. The minimum absolute atomic E-state index is 0.129. The molecule has 1 fully saturated rings. The quantitative estimate of drug-likeness (QED) is 0.820. The number of carbonyl (C=O) groups excluding carboxylic acids is 1. The molecule has 1 aliphatic heterocycles. The van der Waals surface area contributed by atoms with Gasteiger partial charge in [-0.2, -0.15) is 0 Å². The minimum atomic E-state index is -3.26. The molecule has 0 bridgehead atoms. The van der Waals surface area contributed by atoms with Gasteiger partial charge in [0.25, 0.3) is 0 Å². The monoisotopic (exact) mass is 338 g/mol. The predicted octanol–water partition coefficient (Wildman–Crippen LogP) is 1.25. The van der Waals surface area contributed by atoms with Crippen LogP contribution >= 0.6 is 0 Å². The molecule has 1 N–H and O–H groups in total. The smallest absolute Gasteiger partial charge is 0.246 e. The third kappa shape index (κ3) is 5.37. The van der Waals surface area contributed by atoms with Gasteiger partial charge in [0.2, 0.25) is 15.9 Å². The number of benzene rings is 1. The molecular formula is C16H22N2O4S. The highest BCUT2D eigenvalue weighted by Gasteiger charge is 2.24. The first-order chi connectivity index (χ1) is 10.9. The number of para-hydroxylation sites is 1. The Bertz CT molecular complexity index is 685. The molecule has 6 nitrogen and oxygen atoms in total. The van der Waals surface area contributed by atoms with Crippen LogP contribution in [0.15, 0.2) is 30.3 Å². The molecule has 1 aromatic carbocycles. The van der Waals surface area contributed by atoms with Gasteiger partial charge in [0.05, 0.1) is 13.4 Å². The lowest BCUT2D eigenvalue weighted by Gasteiger charge is -2.32. The summed E-state index contributed by atoms with van der Waals surface area (Å²) in [4.78, 5) is 14.0. The van der Waals surface area contributed by atoms with Gasteiger partial charge in [-0.05, 0) is 25.0 Å². The molecule has 0 spiro atoms. The number of piperidine rings is 1. The number of nitrogens with one attached hydrogen (secondary N) is 1. The zero-order valence-electron chi connectivity index (χ0n) is 13.4. The molecule has 0 aromatic heterocycles. The molecule has 23 heavy (non-hydrogen) atoms. The number of ether oxygens (including phenoxy) is 1. The maximum absolute atomic E-state index is 12.3. The Labute approximate surface area is 137 Å². The van der Waals surface area contributed by atoms with Gasteiger partial charge in [-0.25, -0.2) is 13.1 Å². The normalized spacial score (nSPS) is 19.0. The van der Waals surface area contributed by atoms with Crippen molar-refractivity contribution in [2.24, 2.45) is 0 Å². The SMILES string of the molecule is COc1ccccc1/C=C\C(=O)N1CCC[C@@H](NS(C)(=O)=O)C1. The largest absolute Gasteiger partial charge is 0.496 e. The minimum Gasteiger partial charge on any atom is -0.496 e. The molecule has 1 aromatic rings. The Hall–Kier alpha value is -1.86. The Morgan fingerprint density at radius 2 is 2.13 bits per heavy atom. The molecule has 0 saturated carbocycles. The zero-order valence-corrected chi connectivity index (χ0v) is 14.2. The molecule has 2 rings (SSSR count). The van der Waals surface area contributed by atoms with E-state index in [0.717, 1.165) is 24.7 Å². The fourth-order valence-electron chi connectivity index (χ4n) is 2.65. The Morgan fingerprint density at radius 3 is 2.83 bits per heavy atom. The molecule has 1 atom stereocenters. The number of methoxy groups -OCH3 is 1. The van der Waals surface area contributed by atoms with E-state index in [1.165, 1.54) is 6.08 Å². The van der Waals surface area contributed by atoms with Gasteiger partial charge >= 0.3 is 0 Å². The lowest BCUT2D eigenvalue weighted by molar-refractivity contribution is -0.127. The van der Waals surface area contributed by atoms with Crippen LogP contribution in [0.4, 0.5) is 0 Å². The number of sulfonamides is 1. The lowest BCUT2D eigenvalue weighted by Crippen LogP contribution is -2.48. The van der Waals surface area contributed by atoms with Crippen molar-refractivity contribution < 1.29 is 17.9 Å². The lowest BCUT2D eigenvalue weighted by atomic mass is 10.1. The highest BCUT2D eigenvalue weighted by molar-refractivity contribution is 7.88. The number of rotatable bonds is 5. The average Bonchev–Trinajstić information content (AvgIpc) is 2.51. The molecule has 1 heterocycles. The van der Waals surface area contributed by atoms with Crippen LogP contribution in [0.2, 0.25) is 0 Å². The molecule has 0 radical (unpaired) electrons. The number of likely N-dealkylation sites (tertiary alicyclic amines) is 1. The Balaban J connectivity index is 2.01. The van der Waals surface area contributed by atoms with Gasteiger partial charge in [-0.1, -0.05) is 18.2 Å². The van der Waals surface area contributed by atoms with Crippen LogP contribution in [0.25, 0.3) is 6.08 Å². The topological polar surface area (TPSA) is 75.7 Å². The van der Waals surface area contributed by atoms with Gasteiger partial charge < -0.3 is 9.64 Å². The van der Waals surface area contributed by atoms with E-state index in [4.69, 9.17) is 4.74 Å². The molecule has 1 aliphatic rings. The van der Waals surface area contributed by atoms with E-state index in [-0.39, 0.29) is 11.9 Å². The average molecular weight is 338 g/mol. The van der Waals surface area contributed by atoms with E-state index < -0.39 is 10.0 Å². The molecular weight excluding hydrogens is 316 g/mol. The van der Waals surface area contributed by atoms with Crippen molar-refractivity contribution in [3.63, 3.8) is 0 Å². The predicted molar refractivity (Wildman–Crippen MR) is 89.6 cm³/mol. The van der Waals surface area contributed by atoms with Gasteiger partial charge in [0, 0.05) is 30.8 Å². The summed E-state index contributed by atoms with van der Waals surface area (Å²) in [5.41, 5.74) is 0.825. The number of carbonyl (C=O) groups is 1. The van der Waals surface area contributed by atoms with Crippen LogP contribution in [0.3, 0.4) is 0 Å². The standard InChI is InChI=1S/C16H22N2O4S/c1-22-15-8-4-3-6-13(15)9-10-16(19)18-11-5-7-14(12-18)17-23(2,20)21/h3-4,6,8-10,14,17H,5,7,11-12H2,1-2H3/b10-9-/t14-/m1/s1. The Morgan fingerprint density at radius 1 is 1.39 bits per heavy atom. The first kappa shape index (κ1) is 17.5. The molecule has 0 unspecified atom stereocenters. The van der Waals surface area contributed by atoms with Crippen molar-refractivity contribution in [2.45, 2.75) is 18.9 Å². The van der Waals surface area contributed by atoms with Crippen molar-refractivity contribution in [1.29, 1.82) is 0 Å². The number of nitrogens with zero attached hydrogens (tertiary/aromatic N) is 1. The van der Waals surface area contributed by atoms with Crippen LogP contribution in [0.1, 0.15) is 18.4 Å². The molecule has 1 amide bonds. The molecule has 7 heteroatoms. The fourth-order valence-corrected chi connectivity index (χ4v) is 3.44. The van der Waals surface area contributed by atoms with Crippen molar-refractivity contribution in [3.05, 3.63) is 35.9 Å². The maximum Gasteiger partial charge on any atom is 0.246 e. The van der Waals surface area contributed by atoms with E-state index >= 15 is 0 Å². The van der Waals surface area contributed by atoms with E-state index in [2.05, 4.69) is 4.72 Å². The highest BCUT2D eigenvalue weighted by Crippen LogP contribution is 2.19. The first-order valence-corrected chi connectivity index (χ1v) is 9.35. The van der Waals surface area contributed by atoms with E-state index in [0.29, 0.717) is 18.8 Å². The maximum atomic E-state index is 12.3. The van der Waals surface area contributed by atoms with Crippen LogP contribution < -0.4 is 9.46 Å². The van der Waals surface area contributed by atoms with Crippen molar-refractivity contribution >= 4 is 22.0 Å². The number of hydrogen-bond acceptors (Lipinski definition) is 4. The van der Waals surface area contributed by atoms with Crippen LogP contribution in [0, 0.1) is 0 Å². The van der Waals surface area contributed by atoms with E-state index in [9.17, 15) is 13.2 Å². The molecule has 126 valence electrons. The number of hydrogen-bond donors (Lipinski definition) is 1. The molecule has 0 aliphatic carbocycles. The highest BCUT2D eigenvalue weighted by atomic mass is 32.2. The second kappa shape index (κ2) is 7.61. The van der Waals surface area contributed by atoms with Gasteiger partial charge in [-0.15, -0.1) is 0 Å². The zero-order chi connectivity index (χ0) is 16.9. The third-order valence-corrected chi connectivity index (χ3v) is 4.42. The van der Waals surface area contributed by atoms with Crippen molar-refractivity contribution in [3.8, 4) is 5.75 Å². The summed E-state index contributed by atoms with van der Waals surface area (Å²) in [6, 6.07) is 7.22.